The van der Waals surface area contributed by atoms with Crippen molar-refractivity contribution in [3.05, 3.63) is 33.9 Å². The van der Waals surface area contributed by atoms with E-state index in [0.717, 1.165) is 6.07 Å². The Morgan fingerprint density at radius 1 is 1.08 bits per heavy atom. The van der Waals surface area contributed by atoms with Crippen LogP contribution < -0.4 is 10.6 Å². The third-order valence-electron chi connectivity index (χ3n) is 3.40. The third-order valence-corrected chi connectivity index (χ3v) is 3.40. The maximum absolute atomic E-state index is 12.0. The summed E-state index contributed by atoms with van der Waals surface area (Å²) in [6, 6.07) is 4.00. The molecule has 0 aromatic heterocycles. The Morgan fingerprint density at radius 2 is 1.73 bits per heavy atom. The van der Waals surface area contributed by atoms with Crippen LogP contribution in [0.15, 0.2) is 18.2 Å². The number of nitrogens with one attached hydrogen (secondary N) is 2. The molecule has 0 saturated carbocycles. The van der Waals surface area contributed by atoms with Crippen LogP contribution in [0.3, 0.4) is 0 Å². The van der Waals surface area contributed by atoms with Gasteiger partial charge >= 0.3 is 11.9 Å². The minimum absolute atomic E-state index is 0.00413. The molecule has 0 spiro atoms. The van der Waals surface area contributed by atoms with Gasteiger partial charge in [-0.25, -0.2) is 0 Å². The number of methoxy groups -OCH3 is 2. The maximum Gasteiger partial charge on any atom is 0.307 e. The number of anilines is 1. The summed E-state index contributed by atoms with van der Waals surface area (Å²) in [6.07, 6.45) is 0.641. The molecule has 0 heterocycles. The van der Waals surface area contributed by atoms with E-state index >= 15 is 0 Å². The van der Waals surface area contributed by atoms with E-state index in [2.05, 4.69) is 20.1 Å². The van der Waals surface area contributed by atoms with Crippen LogP contribution in [0.1, 0.15) is 29.6 Å². The van der Waals surface area contributed by atoms with Crippen molar-refractivity contribution >= 4 is 29.2 Å². The van der Waals surface area contributed by atoms with Crippen LogP contribution in [0, 0.1) is 10.1 Å². The highest BCUT2D eigenvalue weighted by molar-refractivity contribution is 5.95. The highest BCUT2D eigenvalue weighted by Gasteiger charge is 2.17. The van der Waals surface area contributed by atoms with Gasteiger partial charge in [-0.1, -0.05) is 0 Å². The van der Waals surface area contributed by atoms with Gasteiger partial charge in [0.25, 0.3) is 11.6 Å². The zero-order valence-corrected chi connectivity index (χ0v) is 14.6. The highest BCUT2D eigenvalue weighted by Crippen LogP contribution is 2.25. The average molecular weight is 367 g/mol. The molecule has 1 aromatic rings. The van der Waals surface area contributed by atoms with Crippen LogP contribution in [0.25, 0.3) is 0 Å². The van der Waals surface area contributed by atoms with Gasteiger partial charge in [0.1, 0.15) is 5.69 Å². The molecule has 0 bridgehead atoms. The molecule has 0 aliphatic carbocycles. The lowest BCUT2D eigenvalue weighted by Crippen LogP contribution is -2.26. The fourth-order valence-corrected chi connectivity index (χ4v) is 2.01. The van der Waals surface area contributed by atoms with E-state index in [1.165, 1.54) is 26.4 Å². The summed E-state index contributed by atoms with van der Waals surface area (Å²) in [5.74, 6) is -1.36. The average Bonchev–Trinajstić information content (AvgIpc) is 2.64. The quantitative estimate of drug-likeness (QED) is 0.273. The molecule has 0 fully saturated rings. The fourth-order valence-electron chi connectivity index (χ4n) is 2.01. The first kappa shape index (κ1) is 20.9. The van der Waals surface area contributed by atoms with Crippen LogP contribution in [0.2, 0.25) is 0 Å². The normalized spacial score (nSPS) is 9.92. The number of nitro groups is 1. The van der Waals surface area contributed by atoms with Crippen molar-refractivity contribution in [2.75, 3.05) is 32.6 Å². The molecule has 1 amide bonds. The van der Waals surface area contributed by atoms with Gasteiger partial charge in [-0.15, -0.1) is 0 Å². The van der Waals surface area contributed by atoms with Crippen LogP contribution in [0.5, 0.6) is 0 Å². The molecule has 142 valence electrons. The van der Waals surface area contributed by atoms with Crippen molar-refractivity contribution in [3.8, 4) is 0 Å². The molecule has 10 nitrogen and oxygen atoms in total. The minimum Gasteiger partial charge on any atom is -0.469 e. The van der Waals surface area contributed by atoms with Gasteiger partial charge in [-0.3, -0.25) is 24.5 Å². The molecule has 0 atom stereocenters. The zero-order chi connectivity index (χ0) is 19.5. The summed E-state index contributed by atoms with van der Waals surface area (Å²) in [6.45, 7) is 0.396. The molecule has 0 aliphatic rings. The first-order valence-corrected chi connectivity index (χ1v) is 7.83. The Kier molecular flexibility index (Phi) is 8.55. The summed E-state index contributed by atoms with van der Waals surface area (Å²) in [7, 11) is 2.53. The number of rotatable bonds is 10. The Balaban J connectivity index is 2.69. The highest BCUT2D eigenvalue weighted by atomic mass is 16.6. The SMILES string of the molecule is COC(=O)CCCNc1ccc(C(=O)NCCC(=O)OC)cc1[N+](=O)[O-]. The van der Waals surface area contributed by atoms with Crippen LogP contribution >= 0.6 is 0 Å². The van der Waals surface area contributed by atoms with Crippen LogP contribution in [0.4, 0.5) is 11.4 Å². The molecule has 0 saturated heterocycles. The number of amides is 1. The maximum atomic E-state index is 12.0. The summed E-state index contributed by atoms with van der Waals surface area (Å²) in [5, 5.41) is 16.6. The number of carbonyl (C=O) groups excluding carboxylic acids is 3. The topological polar surface area (TPSA) is 137 Å². The fraction of sp³-hybridized carbons (Fsp3) is 0.438. The van der Waals surface area contributed by atoms with E-state index in [1.54, 1.807) is 0 Å². The van der Waals surface area contributed by atoms with Crippen molar-refractivity contribution in [1.82, 2.24) is 5.32 Å². The Bertz CT molecular complexity index is 676. The van der Waals surface area contributed by atoms with Gasteiger partial charge in [0, 0.05) is 31.1 Å². The number of hydrogen-bond donors (Lipinski definition) is 2. The number of esters is 2. The van der Waals surface area contributed by atoms with E-state index in [0.29, 0.717) is 13.0 Å². The second-order valence-electron chi connectivity index (χ2n) is 5.18. The van der Waals surface area contributed by atoms with Gasteiger partial charge in [0.05, 0.1) is 25.6 Å². The van der Waals surface area contributed by atoms with E-state index in [-0.39, 0.29) is 42.3 Å². The summed E-state index contributed by atoms with van der Waals surface area (Å²) in [5.41, 5.74) is 0.0799. The zero-order valence-electron chi connectivity index (χ0n) is 14.6. The third kappa shape index (κ3) is 6.75. The Labute approximate surface area is 150 Å². The van der Waals surface area contributed by atoms with Gasteiger partial charge in [-0.05, 0) is 18.6 Å². The van der Waals surface area contributed by atoms with Crippen molar-refractivity contribution in [1.29, 1.82) is 0 Å². The number of hydrogen-bond acceptors (Lipinski definition) is 8. The second-order valence-corrected chi connectivity index (χ2v) is 5.18. The smallest absolute Gasteiger partial charge is 0.307 e. The lowest BCUT2D eigenvalue weighted by molar-refractivity contribution is -0.384. The number of ether oxygens (including phenoxy) is 2. The largest absolute Gasteiger partial charge is 0.469 e. The molecular weight excluding hydrogens is 346 g/mol. The lowest BCUT2D eigenvalue weighted by Gasteiger charge is -2.09. The number of nitro benzene ring substituents is 1. The number of carbonyl (C=O) groups is 3. The predicted octanol–water partition coefficient (Wildman–Crippen LogP) is 1.25. The van der Waals surface area contributed by atoms with Crippen molar-refractivity contribution in [3.63, 3.8) is 0 Å². The molecular formula is C16H21N3O7. The van der Waals surface area contributed by atoms with Gasteiger partial charge < -0.3 is 20.1 Å². The van der Waals surface area contributed by atoms with Crippen molar-refractivity contribution < 1.29 is 28.8 Å². The molecule has 1 rings (SSSR count). The number of benzene rings is 1. The molecule has 2 N–H and O–H groups in total. The molecule has 1 aromatic carbocycles. The van der Waals surface area contributed by atoms with Crippen molar-refractivity contribution in [2.24, 2.45) is 0 Å². The van der Waals surface area contributed by atoms with E-state index in [9.17, 15) is 24.5 Å². The second kappa shape index (κ2) is 10.6. The Morgan fingerprint density at radius 3 is 2.35 bits per heavy atom. The van der Waals surface area contributed by atoms with Gasteiger partial charge in [0.15, 0.2) is 0 Å². The van der Waals surface area contributed by atoms with E-state index in [1.807, 2.05) is 0 Å². The van der Waals surface area contributed by atoms with E-state index in [4.69, 9.17) is 0 Å². The minimum atomic E-state index is -0.603. The number of nitrogens with zero attached hydrogens (tertiary/aromatic N) is 1. The first-order valence-electron chi connectivity index (χ1n) is 7.83. The monoisotopic (exact) mass is 367 g/mol. The summed E-state index contributed by atoms with van der Waals surface area (Å²) >= 11 is 0. The van der Waals surface area contributed by atoms with Crippen LogP contribution in [-0.2, 0) is 19.1 Å². The first-order chi connectivity index (χ1) is 12.4. The standard InChI is InChI=1S/C16H21N3O7/c1-25-14(20)4-3-8-17-12-6-5-11(10-13(12)19(23)24)16(22)18-9-7-15(21)26-2/h5-6,10,17H,3-4,7-9H2,1-2H3,(H,18,22). The molecule has 0 aliphatic heterocycles. The van der Waals surface area contributed by atoms with Gasteiger partial charge in [0.2, 0.25) is 0 Å². The molecule has 10 heteroatoms. The van der Waals surface area contributed by atoms with E-state index < -0.39 is 16.8 Å². The molecule has 0 unspecified atom stereocenters. The Hall–Kier alpha value is -3.17. The summed E-state index contributed by atoms with van der Waals surface area (Å²) < 4.78 is 8.97. The van der Waals surface area contributed by atoms with Crippen molar-refractivity contribution in [2.45, 2.75) is 19.3 Å². The van der Waals surface area contributed by atoms with Crippen LogP contribution in [-0.4, -0.2) is 50.1 Å². The molecule has 26 heavy (non-hydrogen) atoms. The lowest BCUT2D eigenvalue weighted by atomic mass is 10.1. The van der Waals surface area contributed by atoms with Gasteiger partial charge in [-0.2, -0.15) is 0 Å². The molecule has 0 radical (unpaired) electrons. The summed E-state index contributed by atoms with van der Waals surface area (Å²) in [4.78, 5) is 44.7. The predicted molar refractivity (Wildman–Crippen MR) is 91.8 cm³/mol.